The van der Waals surface area contributed by atoms with Crippen LogP contribution in [-0.2, 0) is 6.42 Å². The van der Waals surface area contributed by atoms with Gasteiger partial charge in [0.25, 0.3) is 0 Å². The predicted molar refractivity (Wildman–Crippen MR) is 74.1 cm³/mol. The van der Waals surface area contributed by atoms with Crippen LogP contribution < -0.4 is 11.3 Å². The highest BCUT2D eigenvalue weighted by Crippen LogP contribution is 2.25. The first-order chi connectivity index (χ1) is 8.70. The molecule has 0 spiro atoms. The van der Waals surface area contributed by atoms with E-state index in [0.29, 0.717) is 10.6 Å². The molecule has 0 saturated heterocycles. The van der Waals surface area contributed by atoms with Gasteiger partial charge in [-0.1, -0.05) is 17.7 Å². The van der Waals surface area contributed by atoms with Gasteiger partial charge in [-0.05, 0) is 42.5 Å². The summed E-state index contributed by atoms with van der Waals surface area (Å²) >= 11 is 7.57. The molecule has 0 bridgehead atoms. The molecule has 0 fully saturated rings. The van der Waals surface area contributed by atoms with Crippen LogP contribution in [0.1, 0.15) is 22.9 Å². The van der Waals surface area contributed by atoms with Gasteiger partial charge in [-0.2, -0.15) is 0 Å². The summed E-state index contributed by atoms with van der Waals surface area (Å²) in [6, 6.07) is 8.36. The molecule has 1 heterocycles. The fourth-order valence-electron chi connectivity index (χ4n) is 1.85. The molecule has 3 N–H and O–H groups in total. The van der Waals surface area contributed by atoms with Gasteiger partial charge in [-0.25, -0.2) is 4.39 Å². The van der Waals surface area contributed by atoms with Crippen molar-refractivity contribution in [1.82, 2.24) is 5.43 Å². The van der Waals surface area contributed by atoms with Crippen molar-refractivity contribution >= 4 is 22.9 Å². The van der Waals surface area contributed by atoms with E-state index in [1.54, 1.807) is 17.4 Å². The molecule has 1 unspecified atom stereocenters. The van der Waals surface area contributed by atoms with Crippen molar-refractivity contribution in [2.75, 3.05) is 0 Å². The van der Waals surface area contributed by atoms with Gasteiger partial charge in [0.2, 0.25) is 0 Å². The Morgan fingerprint density at radius 1 is 1.39 bits per heavy atom. The average molecular weight is 285 g/mol. The summed E-state index contributed by atoms with van der Waals surface area (Å²) in [5.74, 6) is 5.22. The van der Waals surface area contributed by atoms with E-state index < -0.39 is 0 Å². The highest BCUT2D eigenvalue weighted by Gasteiger charge is 2.15. The molecule has 0 aliphatic rings. The lowest BCUT2D eigenvalue weighted by molar-refractivity contribution is 0.487. The normalized spacial score (nSPS) is 12.6. The van der Waals surface area contributed by atoms with E-state index in [1.807, 2.05) is 11.4 Å². The first-order valence-electron chi connectivity index (χ1n) is 5.64. The molecule has 0 aliphatic carbocycles. The third-order valence-corrected chi connectivity index (χ3v) is 3.97. The fraction of sp³-hybridized carbons (Fsp3) is 0.231. The maximum absolute atomic E-state index is 13.7. The Bertz CT molecular complexity index is 502. The molecule has 96 valence electrons. The third kappa shape index (κ3) is 3.29. The molecule has 2 rings (SSSR count). The number of nitrogens with two attached hydrogens (primary N) is 1. The highest BCUT2D eigenvalue weighted by atomic mass is 35.5. The Kier molecular flexibility index (Phi) is 4.72. The van der Waals surface area contributed by atoms with Crippen molar-refractivity contribution in [2.24, 2.45) is 5.84 Å². The standard InChI is InChI=1S/C13H14ClFN2S/c14-9-3-5-12(15)11(8-9)13(17-16)6-4-10-2-1-7-18-10/h1-3,5,7-8,13,17H,4,6,16H2. The first kappa shape index (κ1) is 13.5. The Balaban J connectivity index is 2.10. The van der Waals surface area contributed by atoms with Crippen molar-refractivity contribution in [1.29, 1.82) is 0 Å². The number of thiophene rings is 1. The van der Waals surface area contributed by atoms with Crippen LogP contribution in [-0.4, -0.2) is 0 Å². The molecule has 2 nitrogen and oxygen atoms in total. The molecule has 1 atom stereocenters. The third-order valence-electron chi connectivity index (χ3n) is 2.79. The molecule has 0 aliphatic heterocycles. The molecule has 1 aromatic carbocycles. The van der Waals surface area contributed by atoms with E-state index in [4.69, 9.17) is 17.4 Å². The number of aryl methyl sites for hydroxylation is 1. The smallest absolute Gasteiger partial charge is 0.128 e. The quantitative estimate of drug-likeness (QED) is 0.649. The molecule has 0 saturated carbocycles. The van der Waals surface area contributed by atoms with Crippen LogP contribution in [0.3, 0.4) is 0 Å². The summed E-state index contributed by atoms with van der Waals surface area (Å²) in [7, 11) is 0. The van der Waals surface area contributed by atoms with Gasteiger partial charge in [0.1, 0.15) is 5.82 Å². The maximum atomic E-state index is 13.7. The fourth-order valence-corrected chi connectivity index (χ4v) is 2.76. The van der Waals surface area contributed by atoms with E-state index in [0.717, 1.165) is 12.8 Å². The van der Waals surface area contributed by atoms with E-state index in [9.17, 15) is 4.39 Å². The molecule has 1 aromatic heterocycles. The number of hydrogen-bond acceptors (Lipinski definition) is 3. The summed E-state index contributed by atoms with van der Waals surface area (Å²) in [6.07, 6.45) is 1.59. The van der Waals surface area contributed by atoms with Crippen LogP contribution in [0, 0.1) is 5.82 Å². The van der Waals surface area contributed by atoms with Crippen LogP contribution in [0.15, 0.2) is 35.7 Å². The zero-order valence-corrected chi connectivity index (χ0v) is 11.3. The van der Waals surface area contributed by atoms with Crippen LogP contribution in [0.5, 0.6) is 0 Å². The monoisotopic (exact) mass is 284 g/mol. The van der Waals surface area contributed by atoms with E-state index >= 15 is 0 Å². The van der Waals surface area contributed by atoms with Gasteiger partial charge < -0.3 is 0 Å². The second-order valence-electron chi connectivity index (χ2n) is 4.00. The summed E-state index contributed by atoms with van der Waals surface area (Å²) in [5, 5.41) is 2.54. The molecule has 5 heteroatoms. The van der Waals surface area contributed by atoms with Crippen molar-refractivity contribution < 1.29 is 4.39 Å². The Morgan fingerprint density at radius 2 is 2.22 bits per heavy atom. The van der Waals surface area contributed by atoms with Crippen molar-refractivity contribution in [3.05, 3.63) is 57.0 Å². The number of hydrogen-bond donors (Lipinski definition) is 2. The lowest BCUT2D eigenvalue weighted by Crippen LogP contribution is -2.29. The molecular weight excluding hydrogens is 271 g/mol. The van der Waals surface area contributed by atoms with Crippen molar-refractivity contribution in [3.8, 4) is 0 Å². The Labute approximate surface area is 115 Å². The minimum absolute atomic E-state index is 0.231. The second-order valence-corrected chi connectivity index (χ2v) is 5.47. The summed E-state index contributed by atoms with van der Waals surface area (Å²) in [4.78, 5) is 1.26. The molecule has 0 radical (unpaired) electrons. The number of nitrogens with one attached hydrogen (secondary N) is 1. The van der Waals surface area contributed by atoms with E-state index in [1.165, 1.54) is 17.0 Å². The minimum Gasteiger partial charge on any atom is -0.271 e. The maximum Gasteiger partial charge on any atom is 0.128 e. The minimum atomic E-state index is -0.284. The average Bonchev–Trinajstić information content (AvgIpc) is 2.87. The second kappa shape index (κ2) is 6.29. The SMILES string of the molecule is NNC(CCc1cccs1)c1cc(Cl)ccc1F. The van der Waals surface area contributed by atoms with Gasteiger partial charge in [0, 0.05) is 21.5 Å². The topological polar surface area (TPSA) is 38.0 Å². The zero-order valence-electron chi connectivity index (χ0n) is 9.70. The number of hydrazine groups is 1. The lowest BCUT2D eigenvalue weighted by Gasteiger charge is -2.16. The first-order valence-corrected chi connectivity index (χ1v) is 6.90. The van der Waals surface area contributed by atoms with Crippen LogP contribution in [0.25, 0.3) is 0 Å². The summed E-state index contributed by atoms with van der Waals surface area (Å²) in [6.45, 7) is 0. The van der Waals surface area contributed by atoms with E-state index in [2.05, 4.69) is 11.5 Å². The molecule has 18 heavy (non-hydrogen) atoms. The number of benzene rings is 1. The summed E-state index contributed by atoms with van der Waals surface area (Å²) in [5.41, 5.74) is 3.17. The lowest BCUT2D eigenvalue weighted by atomic mass is 10.0. The zero-order chi connectivity index (χ0) is 13.0. The highest BCUT2D eigenvalue weighted by molar-refractivity contribution is 7.09. The molecule has 0 amide bonds. The van der Waals surface area contributed by atoms with Gasteiger partial charge in [0.05, 0.1) is 0 Å². The predicted octanol–water partition coefficient (Wildman–Crippen LogP) is 3.68. The van der Waals surface area contributed by atoms with Gasteiger partial charge in [-0.3, -0.25) is 11.3 Å². The Hall–Kier alpha value is -0.940. The van der Waals surface area contributed by atoms with Crippen molar-refractivity contribution in [3.63, 3.8) is 0 Å². The van der Waals surface area contributed by atoms with Gasteiger partial charge in [0.15, 0.2) is 0 Å². The van der Waals surface area contributed by atoms with Gasteiger partial charge >= 0.3 is 0 Å². The van der Waals surface area contributed by atoms with Crippen LogP contribution >= 0.6 is 22.9 Å². The van der Waals surface area contributed by atoms with E-state index in [-0.39, 0.29) is 11.9 Å². The largest absolute Gasteiger partial charge is 0.271 e. The Morgan fingerprint density at radius 3 is 2.89 bits per heavy atom. The van der Waals surface area contributed by atoms with Crippen LogP contribution in [0.4, 0.5) is 4.39 Å². The summed E-state index contributed by atoms with van der Waals surface area (Å²) < 4.78 is 13.7. The van der Waals surface area contributed by atoms with Crippen molar-refractivity contribution in [2.45, 2.75) is 18.9 Å². The number of halogens is 2. The number of rotatable bonds is 5. The molecule has 2 aromatic rings. The van der Waals surface area contributed by atoms with Crippen LogP contribution in [0.2, 0.25) is 5.02 Å². The van der Waals surface area contributed by atoms with Gasteiger partial charge in [-0.15, -0.1) is 11.3 Å². The molecular formula is C13H14ClFN2S.